The van der Waals surface area contributed by atoms with Crippen LogP contribution in [0.5, 0.6) is 5.75 Å². The lowest BCUT2D eigenvalue weighted by molar-refractivity contribution is -0.0497. The minimum absolute atomic E-state index is 0.126. The van der Waals surface area contributed by atoms with Crippen LogP contribution in [-0.4, -0.2) is 28.7 Å². The second-order valence-corrected chi connectivity index (χ2v) is 8.28. The maximum Gasteiger partial charge on any atom is 0.387 e. The Bertz CT molecular complexity index is 1020. The van der Waals surface area contributed by atoms with Crippen molar-refractivity contribution >= 4 is 16.6 Å². The molecule has 30 heavy (non-hydrogen) atoms. The summed E-state index contributed by atoms with van der Waals surface area (Å²) in [6.45, 7) is 2.18. The van der Waals surface area contributed by atoms with Gasteiger partial charge in [-0.05, 0) is 44.9 Å². The van der Waals surface area contributed by atoms with Gasteiger partial charge < -0.3 is 14.2 Å². The van der Waals surface area contributed by atoms with Gasteiger partial charge in [0.1, 0.15) is 11.8 Å². The Morgan fingerprint density at radius 2 is 1.93 bits per heavy atom. The van der Waals surface area contributed by atoms with E-state index in [1.807, 2.05) is 6.08 Å². The van der Waals surface area contributed by atoms with Crippen molar-refractivity contribution in [2.24, 2.45) is 0 Å². The van der Waals surface area contributed by atoms with Crippen molar-refractivity contribution < 1.29 is 13.5 Å². The predicted octanol–water partition coefficient (Wildman–Crippen LogP) is 6.24. The summed E-state index contributed by atoms with van der Waals surface area (Å²) in [5.74, 6) is 0.126. The molecule has 1 fully saturated rings. The van der Waals surface area contributed by atoms with Gasteiger partial charge in [0.25, 0.3) is 0 Å². The Kier molecular flexibility index (Phi) is 5.80. The summed E-state index contributed by atoms with van der Waals surface area (Å²) in [5, 5.41) is 10.9. The van der Waals surface area contributed by atoms with E-state index in [9.17, 15) is 14.0 Å². The second-order valence-electron chi connectivity index (χ2n) is 8.28. The van der Waals surface area contributed by atoms with Crippen molar-refractivity contribution in [2.45, 2.75) is 64.6 Å². The van der Waals surface area contributed by atoms with Crippen molar-refractivity contribution in [1.82, 2.24) is 9.47 Å². The monoisotopic (exact) mass is 411 g/mol. The van der Waals surface area contributed by atoms with Crippen LogP contribution in [0.4, 0.5) is 8.78 Å². The molecule has 0 unspecified atom stereocenters. The molecule has 6 heteroatoms. The van der Waals surface area contributed by atoms with E-state index in [-0.39, 0.29) is 17.8 Å². The number of alkyl halides is 2. The summed E-state index contributed by atoms with van der Waals surface area (Å²) in [6, 6.07) is 7.85. The minimum Gasteiger partial charge on any atom is -0.435 e. The molecule has 2 heterocycles. The molecule has 1 aliphatic carbocycles. The Hall–Kier alpha value is -2.81. The first-order chi connectivity index (χ1) is 14.5. The average molecular weight is 411 g/mol. The van der Waals surface area contributed by atoms with Crippen molar-refractivity contribution in [2.75, 3.05) is 6.54 Å². The number of nitrogens with zero attached hydrogens (tertiary/aromatic N) is 3. The number of fused-ring (bicyclic) bond motifs is 1. The summed E-state index contributed by atoms with van der Waals surface area (Å²) in [6.07, 6.45) is 11.7. The maximum absolute atomic E-state index is 12.9. The van der Waals surface area contributed by atoms with E-state index in [4.69, 9.17) is 0 Å². The number of allylic oxidation sites excluding steroid dienone is 2. The van der Waals surface area contributed by atoms with Gasteiger partial charge in [0, 0.05) is 30.1 Å². The first-order valence-electron chi connectivity index (χ1n) is 10.7. The fraction of sp³-hybridized carbons (Fsp3) is 0.458. The van der Waals surface area contributed by atoms with Gasteiger partial charge >= 0.3 is 6.61 Å². The van der Waals surface area contributed by atoms with Crippen LogP contribution in [0.3, 0.4) is 0 Å². The normalized spacial score (nSPS) is 17.6. The molecule has 4 nitrogen and oxygen atoms in total. The molecule has 1 aromatic carbocycles. The van der Waals surface area contributed by atoms with E-state index in [1.165, 1.54) is 12.5 Å². The number of ether oxygens (including phenoxy) is 1. The van der Waals surface area contributed by atoms with E-state index < -0.39 is 6.61 Å². The third-order valence-electron chi connectivity index (χ3n) is 6.12. The van der Waals surface area contributed by atoms with Crippen LogP contribution in [0.2, 0.25) is 0 Å². The topological polar surface area (TPSA) is 41.2 Å². The summed E-state index contributed by atoms with van der Waals surface area (Å²) in [4.78, 5) is 2.28. The van der Waals surface area contributed by atoms with Crippen LogP contribution < -0.4 is 4.74 Å². The number of halogens is 2. The quantitative estimate of drug-likeness (QED) is 0.585. The highest BCUT2D eigenvalue weighted by atomic mass is 19.3. The molecule has 0 bridgehead atoms. The molecule has 4 rings (SSSR count). The minimum atomic E-state index is -2.88. The number of aromatic nitrogens is 1. The third-order valence-corrected chi connectivity index (χ3v) is 6.12. The highest BCUT2D eigenvalue weighted by Crippen LogP contribution is 2.41. The van der Waals surface area contributed by atoms with Gasteiger partial charge in [0.15, 0.2) is 0 Å². The lowest BCUT2D eigenvalue weighted by Gasteiger charge is -2.35. The van der Waals surface area contributed by atoms with E-state index in [0.717, 1.165) is 54.5 Å². The van der Waals surface area contributed by atoms with Crippen molar-refractivity contribution in [3.8, 4) is 11.8 Å². The summed E-state index contributed by atoms with van der Waals surface area (Å²) in [7, 11) is 0. The molecular weight excluding hydrogens is 384 g/mol. The van der Waals surface area contributed by atoms with Crippen molar-refractivity contribution in [3.63, 3.8) is 0 Å². The molecule has 1 aromatic heterocycles. The molecule has 0 amide bonds. The molecule has 2 aliphatic rings. The average Bonchev–Trinajstić information content (AvgIpc) is 3.07. The molecule has 0 saturated heterocycles. The van der Waals surface area contributed by atoms with Crippen LogP contribution >= 0.6 is 0 Å². The molecule has 1 aliphatic heterocycles. The lowest BCUT2D eigenvalue weighted by atomic mass is 9.94. The zero-order chi connectivity index (χ0) is 21.3. The zero-order valence-electron chi connectivity index (χ0n) is 17.4. The smallest absolute Gasteiger partial charge is 0.387 e. The first kappa shape index (κ1) is 20.5. The van der Waals surface area contributed by atoms with Crippen molar-refractivity contribution in [1.29, 1.82) is 5.26 Å². The predicted molar refractivity (Wildman–Crippen MR) is 114 cm³/mol. The molecule has 0 spiro atoms. The SMILES string of the molecule is CC(C)N1CC=CC=C1c1c(C#N)c2ccc(OC(F)F)cc2n1C1CCCCC1. The summed E-state index contributed by atoms with van der Waals surface area (Å²) in [5.41, 5.74) is 3.31. The van der Waals surface area contributed by atoms with E-state index in [1.54, 1.807) is 12.1 Å². The fourth-order valence-corrected chi connectivity index (χ4v) is 4.78. The fourth-order valence-electron chi connectivity index (χ4n) is 4.78. The van der Waals surface area contributed by atoms with Crippen LogP contribution in [0.25, 0.3) is 16.6 Å². The van der Waals surface area contributed by atoms with Crippen LogP contribution in [0, 0.1) is 11.3 Å². The molecule has 0 atom stereocenters. The second kappa shape index (κ2) is 8.51. The van der Waals surface area contributed by atoms with Gasteiger partial charge in [-0.3, -0.25) is 0 Å². The number of nitriles is 1. The van der Waals surface area contributed by atoms with E-state index in [2.05, 4.69) is 46.3 Å². The third kappa shape index (κ3) is 3.69. The number of hydrogen-bond donors (Lipinski definition) is 0. The Labute approximate surface area is 176 Å². The standard InChI is InChI=1S/C24H27F2N3O/c1-16(2)28-13-7-6-10-21(28)23-20(15-27)19-12-11-18(30-24(25)26)14-22(19)29(23)17-8-4-3-5-9-17/h6-7,10-12,14,16-17,24H,3-5,8-9,13H2,1-2H3. The largest absolute Gasteiger partial charge is 0.435 e. The Morgan fingerprint density at radius 3 is 2.60 bits per heavy atom. The van der Waals surface area contributed by atoms with Crippen LogP contribution in [-0.2, 0) is 0 Å². The number of rotatable bonds is 5. The molecule has 0 N–H and O–H groups in total. The molecule has 158 valence electrons. The number of hydrogen-bond acceptors (Lipinski definition) is 3. The molecule has 2 aromatic rings. The van der Waals surface area contributed by atoms with Crippen molar-refractivity contribution in [3.05, 3.63) is 47.7 Å². The number of benzene rings is 1. The van der Waals surface area contributed by atoms with E-state index in [0.29, 0.717) is 5.56 Å². The van der Waals surface area contributed by atoms with Gasteiger partial charge in [0.05, 0.1) is 22.5 Å². The van der Waals surface area contributed by atoms with Gasteiger partial charge in [-0.25, -0.2) is 0 Å². The van der Waals surface area contributed by atoms with E-state index >= 15 is 0 Å². The highest BCUT2D eigenvalue weighted by Gasteiger charge is 2.29. The highest BCUT2D eigenvalue weighted by molar-refractivity contribution is 5.94. The van der Waals surface area contributed by atoms with Gasteiger partial charge in [-0.2, -0.15) is 14.0 Å². The maximum atomic E-state index is 12.9. The summed E-state index contributed by atoms with van der Waals surface area (Å²) < 4.78 is 32.6. The first-order valence-corrected chi connectivity index (χ1v) is 10.7. The molecular formula is C24H27F2N3O. The molecule has 0 radical (unpaired) electrons. The Balaban J connectivity index is 1.98. The lowest BCUT2D eigenvalue weighted by Crippen LogP contribution is -2.32. The summed E-state index contributed by atoms with van der Waals surface area (Å²) >= 11 is 0. The van der Waals surface area contributed by atoms with Crippen LogP contribution in [0.15, 0.2) is 36.4 Å². The van der Waals surface area contributed by atoms with Gasteiger partial charge in [-0.1, -0.05) is 31.4 Å². The van der Waals surface area contributed by atoms with Gasteiger partial charge in [-0.15, -0.1) is 0 Å². The van der Waals surface area contributed by atoms with Gasteiger partial charge in [0.2, 0.25) is 0 Å². The Morgan fingerprint density at radius 1 is 1.17 bits per heavy atom. The van der Waals surface area contributed by atoms with Crippen LogP contribution in [0.1, 0.15) is 63.3 Å². The molecule has 1 saturated carbocycles. The zero-order valence-corrected chi connectivity index (χ0v) is 17.4.